The molecular weight excluding hydrogens is 220 g/mol. The van der Waals surface area contributed by atoms with Crippen LogP contribution in [0.2, 0.25) is 5.02 Å². The Kier molecular flexibility index (Phi) is 3.53. The SMILES string of the molecule is CNC1(c2ccccc2Cl)CCCN(C)C1. The fraction of sp³-hybridized carbons (Fsp3) is 0.538. The number of halogens is 1. The van der Waals surface area contributed by atoms with Crippen LogP contribution in [0.3, 0.4) is 0 Å². The van der Waals surface area contributed by atoms with E-state index >= 15 is 0 Å². The van der Waals surface area contributed by atoms with Gasteiger partial charge in [0.15, 0.2) is 0 Å². The Labute approximate surface area is 103 Å². The highest BCUT2D eigenvalue weighted by Crippen LogP contribution is 2.34. The Morgan fingerprint density at radius 1 is 1.38 bits per heavy atom. The number of likely N-dealkylation sites (tertiary alicyclic amines) is 1. The van der Waals surface area contributed by atoms with Crippen LogP contribution in [0.4, 0.5) is 0 Å². The van der Waals surface area contributed by atoms with Crippen LogP contribution in [0, 0.1) is 0 Å². The first-order chi connectivity index (χ1) is 7.68. The van der Waals surface area contributed by atoms with Crippen LogP contribution in [0.15, 0.2) is 24.3 Å². The third kappa shape index (κ3) is 2.10. The van der Waals surface area contributed by atoms with E-state index in [1.165, 1.54) is 18.5 Å². The van der Waals surface area contributed by atoms with Gasteiger partial charge in [-0.1, -0.05) is 29.8 Å². The van der Waals surface area contributed by atoms with Gasteiger partial charge < -0.3 is 10.2 Å². The summed E-state index contributed by atoms with van der Waals surface area (Å²) in [6, 6.07) is 8.17. The van der Waals surface area contributed by atoms with Crippen LogP contribution in [0.25, 0.3) is 0 Å². The van der Waals surface area contributed by atoms with E-state index in [9.17, 15) is 0 Å². The van der Waals surface area contributed by atoms with Crippen molar-refractivity contribution in [2.45, 2.75) is 18.4 Å². The van der Waals surface area contributed by atoms with E-state index in [1.807, 2.05) is 19.2 Å². The number of nitrogens with one attached hydrogen (secondary N) is 1. The van der Waals surface area contributed by atoms with Gasteiger partial charge in [0.05, 0.1) is 5.54 Å². The van der Waals surface area contributed by atoms with E-state index in [0.717, 1.165) is 18.0 Å². The second-order valence-electron chi connectivity index (χ2n) is 4.65. The molecule has 1 aliphatic rings. The van der Waals surface area contributed by atoms with Gasteiger partial charge in [-0.05, 0) is 45.1 Å². The lowest BCUT2D eigenvalue weighted by Crippen LogP contribution is -2.52. The standard InChI is InChI=1S/C13H19ClN2/c1-15-13(8-5-9-16(2)10-13)11-6-3-4-7-12(11)14/h3-4,6-7,15H,5,8-10H2,1-2H3. The molecule has 88 valence electrons. The second-order valence-corrected chi connectivity index (χ2v) is 5.06. The van der Waals surface area contributed by atoms with E-state index in [2.05, 4.69) is 29.4 Å². The van der Waals surface area contributed by atoms with Gasteiger partial charge in [-0.2, -0.15) is 0 Å². The summed E-state index contributed by atoms with van der Waals surface area (Å²) in [6.45, 7) is 2.20. The number of hydrogen-bond donors (Lipinski definition) is 1. The van der Waals surface area contributed by atoms with Crippen molar-refractivity contribution in [3.8, 4) is 0 Å². The van der Waals surface area contributed by atoms with Gasteiger partial charge in [0.25, 0.3) is 0 Å². The van der Waals surface area contributed by atoms with Gasteiger partial charge in [0.1, 0.15) is 0 Å². The van der Waals surface area contributed by atoms with E-state index in [0.29, 0.717) is 0 Å². The van der Waals surface area contributed by atoms with E-state index in [-0.39, 0.29) is 5.54 Å². The molecule has 0 aromatic heterocycles. The minimum Gasteiger partial charge on any atom is -0.309 e. The molecule has 0 radical (unpaired) electrons. The largest absolute Gasteiger partial charge is 0.309 e. The van der Waals surface area contributed by atoms with Crippen LogP contribution in [0.1, 0.15) is 18.4 Å². The number of rotatable bonds is 2. The molecule has 0 spiro atoms. The highest BCUT2D eigenvalue weighted by atomic mass is 35.5. The van der Waals surface area contributed by atoms with Crippen LogP contribution in [0.5, 0.6) is 0 Å². The Balaban J connectivity index is 2.37. The van der Waals surface area contributed by atoms with Crippen molar-refractivity contribution in [1.82, 2.24) is 10.2 Å². The minimum absolute atomic E-state index is 0.0192. The number of piperidine rings is 1. The van der Waals surface area contributed by atoms with Crippen molar-refractivity contribution in [3.05, 3.63) is 34.9 Å². The molecule has 1 unspecified atom stereocenters. The molecule has 16 heavy (non-hydrogen) atoms. The van der Waals surface area contributed by atoms with Crippen molar-refractivity contribution in [3.63, 3.8) is 0 Å². The number of benzene rings is 1. The highest BCUT2D eigenvalue weighted by molar-refractivity contribution is 6.31. The lowest BCUT2D eigenvalue weighted by Gasteiger charge is -2.42. The van der Waals surface area contributed by atoms with Crippen molar-refractivity contribution in [2.75, 3.05) is 27.2 Å². The zero-order valence-electron chi connectivity index (χ0n) is 9.96. The summed E-state index contributed by atoms with van der Waals surface area (Å²) in [5.74, 6) is 0. The molecule has 1 aliphatic heterocycles. The predicted octanol–water partition coefficient (Wildman–Crippen LogP) is 2.48. The molecule has 1 saturated heterocycles. The summed E-state index contributed by atoms with van der Waals surface area (Å²) >= 11 is 6.32. The summed E-state index contributed by atoms with van der Waals surface area (Å²) in [5.41, 5.74) is 1.25. The number of likely N-dealkylation sites (N-methyl/N-ethyl adjacent to an activating group) is 2. The Morgan fingerprint density at radius 2 is 2.12 bits per heavy atom. The fourth-order valence-corrected chi connectivity index (χ4v) is 2.99. The molecule has 1 fully saturated rings. The quantitative estimate of drug-likeness (QED) is 0.852. The molecule has 1 heterocycles. The normalized spacial score (nSPS) is 26.9. The molecule has 1 N–H and O–H groups in total. The highest BCUT2D eigenvalue weighted by Gasteiger charge is 2.35. The van der Waals surface area contributed by atoms with Gasteiger partial charge in [0, 0.05) is 11.6 Å². The van der Waals surface area contributed by atoms with E-state index in [4.69, 9.17) is 11.6 Å². The van der Waals surface area contributed by atoms with Crippen LogP contribution >= 0.6 is 11.6 Å². The first kappa shape index (κ1) is 11.9. The maximum atomic E-state index is 6.32. The van der Waals surface area contributed by atoms with Gasteiger partial charge in [-0.25, -0.2) is 0 Å². The van der Waals surface area contributed by atoms with Crippen LogP contribution < -0.4 is 5.32 Å². The van der Waals surface area contributed by atoms with Crippen molar-refractivity contribution in [1.29, 1.82) is 0 Å². The number of hydrogen-bond acceptors (Lipinski definition) is 2. The molecule has 1 aromatic carbocycles. The molecule has 0 aliphatic carbocycles. The third-order valence-electron chi connectivity index (χ3n) is 3.55. The van der Waals surface area contributed by atoms with Crippen molar-refractivity contribution < 1.29 is 0 Å². The molecule has 1 aromatic rings. The van der Waals surface area contributed by atoms with Crippen molar-refractivity contribution in [2.24, 2.45) is 0 Å². The average molecular weight is 239 g/mol. The fourth-order valence-electron chi connectivity index (χ4n) is 2.68. The van der Waals surface area contributed by atoms with Gasteiger partial charge in [-0.3, -0.25) is 0 Å². The Hall–Kier alpha value is -0.570. The smallest absolute Gasteiger partial charge is 0.0576 e. The zero-order chi connectivity index (χ0) is 11.6. The van der Waals surface area contributed by atoms with Gasteiger partial charge in [-0.15, -0.1) is 0 Å². The van der Waals surface area contributed by atoms with Crippen molar-refractivity contribution >= 4 is 11.6 Å². The third-order valence-corrected chi connectivity index (χ3v) is 3.88. The molecule has 0 bridgehead atoms. The average Bonchev–Trinajstić information content (AvgIpc) is 2.29. The lowest BCUT2D eigenvalue weighted by molar-refractivity contribution is 0.152. The molecular formula is C13H19ClN2. The molecule has 2 rings (SSSR count). The lowest BCUT2D eigenvalue weighted by atomic mass is 9.82. The second kappa shape index (κ2) is 4.74. The first-order valence-electron chi connectivity index (χ1n) is 5.80. The summed E-state index contributed by atoms with van der Waals surface area (Å²) in [6.07, 6.45) is 2.36. The maximum Gasteiger partial charge on any atom is 0.0576 e. The van der Waals surface area contributed by atoms with Crippen LogP contribution in [-0.2, 0) is 5.54 Å². The minimum atomic E-state index is 0.0192. The molecule has 0 saturated carbocycles. The van der Waals surface area contributed by atoms with Crippen LogP contribution in [-0.4, -0.2) is 32.1 Å². The summed E-state index contributed by atoms with van der Waals surface area (Å²) < 4.78 is 0. The van der Waals surface area contributed by atoms with Gasteiger partial charge in [0.2, 0.25) is 0 Å². The molecule has 1 atom stereocenters. The molecule has 0 amide bonds. The summed E-state index contributed by atoms with van der Waals surface area (Å²) in [5, 5.41) is 4.35. The Bertz CT molecular complexity index is 367. The number of nitrogens with zero attached hydrogens (tertiary/aromatic N) is 1. The first-order valence-corrected chi connectivity index (χ1v) is 6.18. The maximum absolute atomic E-state index is 6.32. The molecule has 3 heteroatoms. The summed E-state index contributed by atoms with van der Waals surface area (Å²) in [7, 11) is 4.20. The van der Waals surface area contributed by atoms with E-state index < -0.39 is 0 Å². The zero-order valence-corrected chi connectivity index (χ0v) is 10.7. The summed E-state index contributed by atoms with van der Waals surface area (Å²) in [4.78, 5) is 2.36. The Morgan fingerprint density at radius 3 is 2.75 bits per heavy atom. The van der Waals surface area contributed by atoms with E-state index in [1.54, 1.807) is 0 Å². The predicted molar refractivity (Wildman–Crippen MR) is 68.9 cm³/mol. The van der Waals surface area contributed by atoms with Gasteiger partial charge >= 0.3 is 0 Å². The monoisotopic (exact) mass is 238 g/mol. The topological polar surface area (TPSA) is 15.3 Å². The molecule has 2 nitrogen and oxygen atoms in total.